The zero-order valence-electron chi connectivity index (χ0n) is 19.6. The fourth-order valence-electron chi connectivity index (χ4n) is 3.81. The van der Waals surface area contributed by atoms with Gasteiger partial charge in [-0.2, -0.15) is 0 Å². The largest absolute Gasteiger partial charge is 0.481 e. The zero-order chi connectivity index (χ0) is 24.9. The van der Waals surface area contributed by atoms with E-state index in [1.54, 1.807) is 11.3 Å². The highest BCUT2D eigenvalue weighted by Crippen LogP contribution is 2.26. The second kappa shape index (κ2) is 10.9. The molecular weight excluding hydrogens is 488 g/mol. The molecule has 2 aromatic heterocycles. The first kappa shape index (κ1) is 24.0. The Labute approximate surface area is 217 Å². The van der Waals surface area contributed by atoms with Gasteiger partial charge in [-0.05, 0) is 60.5 Å². The molecule has 0 saturated carbocycles. The molecule has 180 valence electrons. The van der Waals surface area contributed by atoms with Crippen molar-refractivity contribution in [3.05, 3.63) is 106 Å². The number of carboxylic acid groups (broad SMARTS) is 1. The van der Waals surface area contributed by atoms with Gasteiger partial charge in [0.05, 0.1) is 32.4 Å². The van der Waals surface area contributed by atoms with Crippen molar-refractivity contribution in [2.24, 2.45) is 0 Å². The van der Waals surface area contributed by atoms with E-state index in [4.69, 9.17) is 20.1 Å². The van der Waals surface area contributed by atoms with Gasteiger partial charge in [0.15, 0.2) is 0 Å². The quantitative estimate of drug-likeness (QED) is 0.218. The van der Waals surface area contributed by atoms with Crippen LogP contribution in [0.1, 0.15) is 27.5 Å². The van der Waals surface area contributed by atoms with Gasteiger partial charge < -0.3 is 10.4 Å². The molecule has 0 aliphatic carbocycles. The third-order valence-electron chi connectivity index (χ3n) is 5.45. The smallest absolute Gasteiger partial charge is 0.313 e. The molecule has 0 aliphatic heterocycles. The minimum atomic E-state index is -0.832. The Morgan fingerprint density at radius 1 is 0.917 bits per heavy atom. The van der Waals surface area contributed by atoms with Crippen molar-refractivity contribution in [2.75, 3.05) is 11.1 Å². The number of nitrogens with one attached hydrogen (secondary N) is 1. The number of fused-ring (bicyclic) bond motifs is 1. The Balaban J connectivity index is 1.41. The van der Waals surface area contributed by atoms with Crippen molar-refractivity contribution in [3.63, 3.8) is 0 Å². The molecule has 0 amide bonds. The molecule has 36 heavy (non-hydrogen) atoms. The number of thioether (sulfide) groups is 1. The van der Waals surface area contributed by atoms with Gasteiger partial charge in [0.1, 0.15) is 0 Å². The van der Waals surface area contributed by atoms with Crippen molar-refractivity contribution in [1.29, 1.82) is 0 Å². The van der Waals surface area contributed by atoms with Crippen LogP contribution >= 0.6 is 23.1 Å². The summed E-state index contributed by atoms with van der Waals surface area (Å²) in [4.78, 5) is 26.1. The van der Waals surface area contributed by atoms with E-state index in [1.165, 1.54) is 27.6 Å². The highest BCUT2D eigenvalue weighted by molar-refractivity contribution is 8.00. The molecule has 0 aliphatic rings. The van der Waals surface area contributed by atoms with Crippen molar-refractivity contribution >= 4 is 50.9 Å². The van der Waals surface area contributed by atoms with E-state index in [0.717, 1.165) is 32.5 Å². The van der Waals surface area contributed by atoms with E-state index in [1.807, 2.05) is 42.5 Å². The fourth-order valence-corrected chi connectivity index (χ4v) is 5.51. The summed E-state index contributed by atoms with van der Waals surface area (Å²) in [6.45, 7) is 2.09. The minimum Gasteiger partial charge on any atom is -0.481 e. The maximum absolute atomic E-state index is 10.8. The number of benzene rings is 3. The van der Waals surface area contributed by atoms with E-state index in [0.29, 0.717) is 18.8 Å². The van der Waals surface area contributed by atoms with Gasteiger partial charge in [0.25, 0.3) is 0 Å². The van der Waals surface area contributed by atoms with Gasteiger partial charge in [-0.15, -0.1) is 23.1 Å². The van der Waals surface area contributed by atoms with Crippen LogP contribution in [0.5, 0.6) is 0 Å². The molecule has 0 radical (unpaired) electrons. The minimum absolute atomic E-state index is 0.0338. The lowest BCUT2D eigenvalue weighted by molar-refractivity contribution is -0.133. The Morgan fingerprint density at radius 3 is 2.42 bits per heavy atom. The van der Waals surface area contributed by atoms with E-state index < -0.39 is 5.97 Å². The number of hydrogen-bond acceptors (Lipinski definition) is 7. The lowest BCUT2D eigenvalue weighted by atomic mass is 10.1. The molecule has 6 nitrogen and oxygen atoms in total. The number of aryl methyl sites for hydroxylation is 1. The summed E-state index contributed by atoms with van der Waals surface area (Å²) < 4.78 is 1.18. The van der Waals surface area contributed by atoms with Crippen LogP contribution in [0.3, 0.4) is 0 Å². The van der Waals surface area contributed by atoms with Gasteiger partial charge in [-0.25, -0.2) is 15.0 Å². The van der Waals surface area contributed by atoms with Crippen LogP contribution in [-0.2, 0) is 17.6 Å². The van der Waals surface area contributed by atoms with Crippen LogP contribution in [0.4, 0.5) is 11.6 Å². The van der Waals surface area contributed by atoms with Crippen LogP contribution < -0.4 is 5.32 Å². The van der Waals surface area contributed by atoms with Crippen LogP contribution in [-0.4, -0.2) is 31.8 Å². The number of carboxylic acids is 1. The Morgan fingerprint density at radius 2 is 1.67 bits per heavy atom. The average Bonchev–Trinajstić information content (AvgIpc) is 3.25. The zero-order valence-corrected chi connectivity index (χ0v) is 21.3. The van der Waals surface area contributed by atoms with Crippen molar-refractivity contribution in [3.8, 4) is 0 Å². The summed E-state index contributed by atoms with van der Waals surface area (Å²) >= 11 is 2.99. The molecule has 0 atom stereocenters. The molecule has 8 heteroatoms. The molecule has 5 rings (SSSR count). The molecule has 2 heterocycles. The summed E-state index contributed by atoms with van der Waals surface area (Å²) in [5, 5.41) is 13.2. The number of thiazole rings is 1. The summed E-state index contributed by atoms with van der Waals surface area (Å²) in [7, 11) is 0. The van der Waals surface area contributed by atoms with E-state index in [9.17, 15) is 4.79 Å². The Kier molecular flexibility index (Phi) is 7.25. The molecule has 3 aromatic carbocycles. The summed E-state index contributed by atoms with van der Waals surface area (Å²) in [5.41, 5.74) is 6.10. The van der Waals surface area contributed by atoms with Crippen LogP contribution in [0.25, 0.3) is 10.2 Å². The van der Waals surface area contributed by atoms with E-state index in [-0.39, 0.29) is 5.75 Å². The molecule has 0 saturated heterocycles. The highest BCUT2D eigenvalue weighted by atomic mass is 32.2. The fraction of sp³-hybridized carbons (Fsp3) is 0.143. The molecule has 0 bridgehead atoms. The van der Waals surface area contributed by atoms with Crippen molar-refractivity contribution in [1.82, 2.24) is 15.0 Å². The number of carbonyl (C=O) groups is 1. The first-order valence-electron chi connectivity index (χ1n) is 11.5. The number of rotatable bonds is 9. The first-order valence-corrected chi connectivity index (χ1v) is 13.3. The number of hydrogen-bond donors (Lipinski definition) is 2. The van der Waals surface area contributed by atoms with Gasteiger partial charge >= 0.3 is 5.97 Å². The molecule has 0 fully saturated rings. The monoisotopic (exact) mass is 512 g/mol. The molecular formula is C28H24N4O2S2. The SMILES string of the molecule is Cc1ccc2nc(Cc3cc(Cc4ccccc4)nc(Nc4ccc(SCC(=O)O)cc4)n3)sc2c1. The van der Waals surface area contributed by atoms with Crippen LogP contribution in [0.2, 0.25) is 0 Å². The molecule has 2 N–H and O–H groups in total. The lowest BCUT2D eigenvalue weighted by Gasteiger charge is -2.10. The predicted octanol–water partition coefficient (Wildman–Crippen LogP) is 6.50. The average molecular weight is 513 g/mol. The lowest BCUT2D eigenvalue weighted by Crippen LogP contribution is -2.05. The summed E-state index contributed by atoms with van der Waals surface area (Å²) in [5.74, 6) is -0.269. The van der Waals surface area contributed by atoms with Gasteiger partial charge in [-0.1, -0.05) is 36.4 Å². The van der Waals surface area contributed by atoms with Crippen LogP contribution in [0, 0.1) is 6.92 Å². The van der Waals surface area contributed by atoms with Crippen molar-refractivity contribution < 1.29 is 9.90 Å². The van der Waals surface area contributed by atoms with Crippen molar-refractivity contribution in [2.45, 2.75) is 24.7 Å². The number of aliphatic carboxylic acids is 1. The topological polar surface area (TPSA) is 88.0 Å². The first-order chi connectivity index (χ1) is 17.5. The number of aromatic nitrogens is 3. The molecule has 0 unspecified atom stereocenters. The summed E-state index contributed by atoms with van der Waals surface area (Å²) in [6.07, 6.45) is 1.33. The number of nitrogens with zero attached hydrogens (tertiary/aromatic N) is 3. The third kappa shape index (κ3) is 6.27. The Hall–Kier alpha value is -3.75. The highest BCUT2D eigenvalue weighted by Gasteiger charge is 2.11. The maximum atomic E-state index is 10.8. The number of anilines is 2. The second-order valence-corrected chi connectivity index (χ2v) is 10.6. The van der Waals surface area contributed by atoms with Gasteiger partial charge in [-0.3, -0.25) is 4.79 Å². The summed E-state index contributed by atoms with van der Waals surface area (Å²) in [6, 6.07) is 26.3. The normalized spacial score (nSPS) is 11.0. The van der Waals surface area contributed by atoms with E-state index >= 15 is 0 Å². The standard InChI is InChI=1S/C28H24N4O2S2/c1-18-7-12-24-25(13-18)36-26(32-24)16-22-15-21(14-19-5-3-2-4-6-19)30-28(31-22)29-20-8-10-23(11-9-20)35-17-27(33)34/h2-13,15H,14,16-17H2,1H3,(H,33,34)(H,29,30,31). The van der Waals surface area contributed by atoms with Gasteiger partial charge in [0.2, 0.25) is 5.95 Å². The molecule has 0 spiro atoms. The second-order valence-electron chi connectivity index (χ2n) is 8.42. The van der Waals surface area contributed by atoms with Gasteiger partial charge in [0, 0.05) is 23.4 Å². The maximum Gasteiger partial charge on any atom is 0.313 e. The molecule has 5 aromatic rings. The van der Waals surface area contributed by atoms with E-state index in [2.05, 4.69) is 48.6 Å². The predicted molar refractivity (Wildman–Crippen MR) is 147 cm³/mol. The third-order valence-corrected chi connectivity index (χ3v) is 7.47. The Bertz CT molecular complexity index is 1500. The van der Waals surface area contributed by atoms with Crippen LogP contribution in [0.15, 0.2) is 83.8 Å².